The first kappa shape index (κ1) is 19.6. The van der Waals surface area contributed by atoms with E-state index in [0.717, 1.165) is 18.9 Å². The summed E-state index contributed by atoms with van der Waals surface area (Å²) in [5, 5.41) is 0.134. The summed E-state index contributed by atoms with van der Waals surface area (Å²) >= 11 is 5.90. The molecule has 0 saturated heterocycles. The zero-order valence-electron chi connectivity index (χ0n) is 14.4. The summed E-state index contributed by atoms with van der Waals surface area (Å²) in [5.74, 6) is -1.11. The normalized spacial score (nSPS) is 14.0. The second kappa shape index (κ2) is 7.84. The van der Waals surface area contributed by atoms with Gasteiger partial charge in [-0.3, -0.25) is 0 Å². The molecule has 0 amide bonds. The number of carbonyl (C=O) groups is 1. The lowest BCUT2D eigenvalue weighted by Gasteiger charge is -2.12. The fourth-order valence-electron chi connectivity index (χ4n) is 2.36. The summed E-state index contributed by atoms with van der Waals surface area (Å²) in [4.78, 5) is 12.2. The molecule has 1 aliphatic carbocycles. The summed E-state index contributed by atoms with van der Waals surface area (Å²) in [6, 6.07) is 7.65. The number of ether oxygens (including phenoxy) is 2. The van der Waals surface area contributed by atoms with Gasteiger partial charge < -0.3 is 9.47 Å². The minimum atomic E-state index is -3.82. The van der Waals surface area contributed by atoms with Gasteiger partial charge >= 0.3 is 5.97 Å². The van der Waals surface area contributed by atoms with E-state index in [0.29, 0.717) is 5.56 Å². The van der Waals surface area contributed by atoms with Crippen LogP contribution in [0.5, 0.6) is 5.75 Å². The molecule has 2 aromatic carbocycles. The first-order chi connectivity index (χ1) is 12.8. The molecular weight excluding hydrogens is 397 g/mol. The number of carbonyl (C=O) groups excluding carboxylic acids is 1. The summed E-state index contributed by atoms with van der Waals surface area (Å²) in [5.41, 5.74) is 0.480. The summed E-state index contributed by atoms with van der Waals surface area (Å²) < 4.78 is 50.9. The van der Waals surface area contributed by atoms with Crippen molar-refractivity contribution in [3.05, 3.63) is 58.4 Å². The molecule has 6 nitrogen and oxygen atoms in total. The lowest BCUT2D eigenvalue weighted by Crippen LogP contribution is -2.26. The average Bonchev–Trinajstić information content (AvgIpc) is 3.43. The molecular formula is C18H17ClFNO5S. The van der Waals surface area contributed by atoms with E-state index in [1.807, 2.05) is 0 Å². The molecule has 1 fully saturated rings. The van der Waals surface area contributed by atoms with E-state index < -0.39 is 21.8 Å². The smallest absolute Gasteiger partial charge is 0.338 e. The number of hydrogen-bond acceptors (Lipinski definition) is 5. The van der Waals surface area contributed by atoms with Gasteiger partial charge in [0, 0.05) is 11.6 Å². The van der Waals surface area contributed by atoms with Crippen LogP contribution in [0.3, 0.4) is 0 Å². The van der Waals surface area contributed by atoms with Crippen molar-refractivity contribution in [1.82, 2.24) is 4.72 Å². The Morgan fingerprint density at radius 2 is 2.00 bits per heavy atom. The van der Waals surface area contributed by atoms with E-state index in [1.165, 1.54) is 37.4 Å². The fourth-order valence-corrected chi connectivity index (χ4v) is 4.08. The predicted octanol–water partition coefficient (Wildman–Crippen LogP) is 3.29. The highest BCUT2D eigenvalue weighted by atomic mass is 35.5. The van der Waals surface area contributed by atoms with Gasteiger partial charge in [0.1, 0.15) is 23.1 Å². The third kappa shape index (κ3) is 4.77. The predicted molar refractivity (Wildman–Crippen MR) is 96.9 cm³/mol. The Hall–Kier alpha value is -2.16. The number of methoxy groups -OCH3 is 1. The van der Waals surface area contributed by atoms with E-state index in [-0.39, 0.29) is 33.9 Å². The Morgan fingerprint density at radius 3 is 2.63 bits per heavy atom. The lowest BCUT2D eigenvalue weighted by atomic mass is 10.2. The number of esters is 1. The monoisotopic (exact) mass is 413 g/mol. The molecule has 144 valence electrons. The van der Waals surface area contributed by atoms with E-state index in [2.05, 4.69) is 4.72 Å². The molecule has 0 aromatic heterocycles. The highest BCUT2D eigenvalue weighted by Crippen LogP contribution is 2.28. The molecule has 0 spiro atoms. The van der Waals surface area contributed by atoms with E-state index in [1.54, 1.807) is 0 Å². The maximum Gasteiger partial charge on any atom is 0.338 e. The minimum Gasteiger partial charge on any atom is -0.495 e. The van der Waals surface area contributed by atoms with E-state index in [4.69, 9.17) is 21.1 Å². The van der Waals surface area contributed by atoms with Crippen molar-refractivity contribution in [3.8, 4) is 5.75 Å². The van der Waals surface area contributed by atoms with Gasteiger partial charge in [0.15, 0.2) is 0 Å². The van der Waals surface area contributed by atoms with Crippen LogP contribution in [0.1, 0.15) is 28.8 Å². The first-order valence-electron chi connectivity index (χ1n) is 8.11. The van der Waals surface area contributed by atoms with Crippen LogP contribution in [0.4, 0.5) is 4.39 Å². The lowest BCUT2D eigenvalue weighted by molar-refractivity contribution is 0.0472. The zero-order valence-corrected chi connectivity index (χ0v) is 15.9. The van der Waals surface area contributed by atoms with Crippen LogP contribution < -0.4 is 9.46 Å². The van der Waals surface area contributed by atoms with Crippen LogP contribution in [-0.4, -0.2) is 27.5 Å². The van der Waals surface area contributed by atoms with Gasteiger partial charge in [-0.2, -0.15) is 0 Å². The maximum absolute atomic E-state index is 13.1. The Morgan fingerprint density at radius 1 is 1.26 bits per heavy atom. The molecule has 1 saturated carbocycles. The van der Waals surface area contributed by atoms with Gasteiger partial charge in [0.25, 0.3) is 0 Å². The number of halogens is 2. The largest absolute Gasteiger partial charge is 0.495 e. The van der Waals surface area contributed by atoms with Crippen molar-refractivity contribution in [1.29, 1.82) is 0 Å². The Kier molecular flexibility index (Phi) is 5.69. The summed E-state index contributed by atoms with van der Waals surface area (Å²) in [7, 11) is -2.47. The van der Waals surface area contributed by atoms with Crippen molar-refractivity contribution in [2.75, 3.05) is 7.11 Å². The standard InChI is InChI=1S/C18H17ClFNO5S/c1-25-16-7-3-11(8-17(16)27(23,24)21-14-5-6-14)18(22)26-10-12-2-4-13(20)9-15(12)19/h2-4,7-9,14,21H,5-6,10H2,1H3. The van der Waals surface area contributed by atoms with Crippen LogP contribution >= 0.6 is 11.6 Å². The molecule has 1 N–H and O–H groups in total. The molecule has 0 unspecified atom stereocenters. The topological polar surface area (TPSA) is 81.7 Å². The maximum atomic E-state index is 13.1. The molecule has 0 heterocycles. The van der Waals surface area contributed by atoms with Crippen LogP contribution in [0.2, 0.25) is 5.02 Å². The van der Waals surface area contributed by atoms with Crippen LogP contribution in [0.25, 0.3) is 0 Å². The van der Waals surface area contributed by atoms with Crippen molar-refractivity contribution >= 4 is 27.6 Å². The SMILES string of the molecule is COc1ccc(C(=O)OCc2ccc(F)cc2Cl)cc1S(=O)(=O)NC1CC1. The van der Waals surface area contributed by atoms with E-state index in [9.17, 15) is 17.6 Å². The van der Waals surface area contributed by atoms with Gasteiger partial charge in [-0.05, 0) is 43.2 Å². The number of sulfonamides is 1. The van der Waals surface area contributed by atoms with E-state index >= 15 is 0 Å². The van der Waals surface area contributed by atoms with Crippen LogP contribution in [-0.2, 0) is 21.4 Å². The van der Waals surface area contributed by atoms with Gasteiger partial charge in [-0.25, -0.2) is 22.3 Å². The number of rotatable bonds is 7. The Labute approximate surface area is 161 Å². The van der Waals surface area contributed by atoms with Gasteiger partial charge in [-0.15, -0.1) is 0 Å². The molecule has 0 aliphatic heterocycles. The third-order valence-corrected chi connectivity index (χ3v) is 5.86. The highest BCUT2D eigenvalue weighted by molar-refractivity contribution is 7.89. The fraction of sp³-hybridized carbons (Fsp3) is 0.278. The van der Waals surface area contributed by atoms with Crippen molar-refractivity contribution < 1.29 is 27.1 Å². The van der Waals surface area contributed by atoms with Crippen LogP contribution in [0, 0.1) is 5.82 Å². The average molecular weight is 414 g/mol. The van der Waals surface area contributed by atoms with Crippen molar-refractivity contribution in [2.45, 2.75) is 30.4 Å². The quantitative estimate of drug-likeness (QED) is 0.704. The first-order valence-corrected chi connectivity index (χ1v) is 9.97. The second-order valence-corrected chi connectivity index (χ2v) is 8.16. The third-order valence-electron chi connectivity index (χ3n) is 3.96. The minimum absolute atomic E-state index is 0.0465. The molecule has 9 heteroatoms. The Balaban J connectivity index is 1.79. The van der Waals surface area contributed by atoms with Crippen molar-refractivity contribution in [2.24, 2.45) is 0 Å². The van der Waals surface area contributed by atoms with Gasteiger partial charge in [-0.1, -0.05) is 17.7 Å². The second-order valence-electron chi connectivity index (χ2n) is 6.07. The molecule has 0 bridgehead atoms. The number of hydrogen-bond donors (Lipinski definition) is 1. The van der Waals surface area contributed by atoms with Crippen molar-refractivity contribution in [3.63, 3.8) is 0 Å². The van der Waals surface area contributed by atoms with Crippen LogP contribution in [0.15, 0.2) is 41.3 Å². The molecule has 2 aromatic rings. The number of benzene rings is 2. The molecule has 27 heavy (non-hydrogen) atoms. The molecule has 1 aliphatic rings. The Bertz CT molecular complexity index is 976. The zero-order chi connectivity index (χ0) is 19.6. The summed E-state index contributed by atoms with van der Waals surface area (Å²) in [6.45, 7) is -0.174. The molecule has 0 atom stereocenters. The number of nitrogens with one attached hydrogen (secondary N) is 1. The summed E-state index contributed by atoms with van der Waals surface area (Å²) in [6.07, 6.45) is 1.56. The molecule has 3 rings (SSSR count). The molecule has 0 radical (unpaired) electrons. The van der Waals surface area contributed by atoms with Gasteiger partial charge in [0.2, 0.25) is 10.0 Å². The highest BCUT2D eigenvalue weighted by Gasteiger charge is 2.30. The van der Waals surface area contributed by atoms with Gasteiger partial charge in [0.05, 0.1) is 17.7 Å².